The number of furan rings is 1. The summed E-state index contributed by atoms with van der Waals surface area (Å²) in [6.45, 7) is 18.1. The average molecular weight is 909 g/mol. The fourth-order valence-electron chi connectivity index (χ4n) is 10.1. The Labute approximate surface area is 413 Å². The molecule has 0 amide bonds. The van der Waals surface area contributed by atoms with Crippen LogP contribution in [0, 0.1) is 0 Å². The summed E-state index contributed by atoms with van der Waals surface area (Å²) < 4.78 is 6.84. The molecule has 1 heterocycles. The van der Waals surface area contributed by atoms with Gasteiger partial charge in [0.25, 0.3) is 0 Å². The summed E-state index contributed by atoms with van der Waals surface area (Å²) in [6, 6.07) is 78.1. The van der Waals surface area contributed by atoms with Gasteiger partial charge in [0.05, 0.1) is 11.4 Å². The van der Waals surface area contributed by atoms with Crippen molar-refractivity contribution in [1.29, 1.82) is 0 Å². The van der Waals surface area contributed by atoms with Gasteiger partial charge >= 0.3 is 0 Å². The predicted molar refractivity (Wildman–Crippen MR) is 300 cm³/mol. The quantitative estimate of drug-likeness (QED) is 0.144. The number of fused-ring (bicyclic) bond motifs is 5. The molecule has 11 rings (SSSR count). The van der Waals surface area contributed by atoms with Gasteiger partial charge in [0.2, 0.25) is 0 Å². The van der Waals surface area contributed by atoms with Gasteiger partial charge in [-0.1, -0.05) is 183 Å². The summed E-state index contributed by atoms with van der Waals surface area (Å²) in [5.74, 6) is 0.470. The Morgan fingerprint density at radius 2 is 0.757 bits per heavy atom. The van der Waals surface area contributed by atoms with Gasteiger partial charge in [-0.25, -0.2) is 0 Å². The van der Waals surface area contributed by atoms with Crippen molar-refractivity contribution >= 4 is 77.6 Å². The van der Waals surface area contributed by atoms with E-state index in [1.54, 1.807) is 0 Å². The molecule has 0 radical (unpaired) electrons. The highest BCUT2D eigenvalue weighted by Crippen LogP contribution is 2.45. The Morgan fingerprint density at radius 1 is 0.357 bits per heavy atom. The third-order valence-electron chi connectivity index (χ3n) is 14.1. The fourth-order valence-corrected chi connectivity index (χ4v) is 10.1. The molecule has 10 aromatic carbocycles. The first-order valence-electron chi connectivity index (χ1n) is 24.8. The summed E-state index contributed by atoms with van der Waals surface area (Å²) in [6.07, 6.45) is 0. The lowest BCUT2D eigenvalue weighted by molar-refractivity contribution is 0.590. The van der Waals surface area contributed by atoms with Crippen molar-refractivity contribution in [2.75, 3.05) is 9.80 Å². The van der Waals surface area contributed by atoms with Crippen LogP contribution in [0.3, 0.4) is 0 Å². The minimum atomic E-state index is 0.0446. The number of benzene rings is 10. The second-order valence-corrected chi connectivity index (χ2v) is 21.3. The fraction of sp³-hybridized carbons (Fsp3) is 0.164. The smallest absolute Gasteiger partial charge is 0.136 e. The zero-order valence-electron chi connectivity index (χ0n) is 41.6. The Bertz CT molecular complexity index is 3680. The molecule has 0 N–H and O–H groups in total. The maximum absolute atomic E-state index is 6.84. The van der Waals surface area contributed by atoms with E-state index in [2.05, 4.69) is 278 Å². The lowest BCUT2D eigenvalue weighted by Crippen LogP contribution is -2.13. The molecule has 0 unspecified atom stereocenters. The van der Waals surface area contributed by atoms with E-state index in [0.29, 0.717) is 5.92 Å². The van der Waals surface area contributed by atoms with Crippen LogP contribution >= 0.6 is 0 Å². The molecule has 0 fully saturated rings. The molecule has 0 saturated heterocycles. The summed E-state index contributed by atoms with van der Waals surface area (Å²) in [7, 11) is 0. The largest absolute Gasteiger partial charge is 0.456 e. The van der Waals surface area contributed by atoms with Gasteiger partial charge in [-0.15, -0.1) is 0 Å². The molecular formula is C67H60N2O. The minimum absolute atomic E-state index is 0.0446. The Morgan fingerprint density at radius 3 is 1.21 bits per heavy atom. The summed E-state index contributed by atoms with van der Waals surface area (Å²) in [5.41, 5.74) is 17.2. The molecule has 70 heavy (non-hydrogen) atoms. The van der Waals surface area contributed by atoms with Crippen LogP contribution in [0.1, 0.15) is 78.0 Å². The summed E-state index contributed by atoms with van der Waals surface area (Å²) in [4.78, 5) is 4.78. The van der Waals surface area contributed by atoms with E-state index in [-0.39, 0.29) is 10.8 Å². The Kier molecular flexibility index (Phi) is 11.2. The van der Waals surface area contributed by atoms with Crippen LogP contribution < -0.4 is 9.80 Å². The number of hydrogen-bond donors (Lipinski definition) is 0. The molecule has 3 heteroatoms. The number of rotatable bonds is 9. The van der Waals surface area contributed by atoms with E-state index in [1.165, 1.54) is 49.7 Å². The maximum atomic E-state index is 6.84. The average Bonchev–Trinajstić information content (AvgIpc) is 3.71. The topological polar surface area (TPSA) is 19.6 Å². The van der Waals surface area contributed by atoms with Gasteiger partial charge in [0.1, 0.15) is 11.2 Å². The van der Waals surface area contributed by atoms with Crippen molar-refractivity contribution in [2.24, 2.45) is 0 Å². The molecule has 344 valence electrons. The number of para-hydroxylation sites is 3. The van der Waals surface area contributed by atoms with Crippen LogP contribution in [0.25, 0.3) is 65.7 Å². The molecule has 0 bridgehead atoms. The van der Waals surface area contributed by atoms with Gasteiger partial charge in [-0.2, -0.15) is 0 Å². The van der Waals surface area contributed by atoms with E-state index in [0.717, 1.165) is 66.8 Å². The summed E-state index contributed by atoms with van der Waals surface area (Å²) in [5, 5.41) is 6.80. The van der Waals surface area contributed by atoms with Crippen LogP contribution in [0.2, 0.25) is 0 Å². The van der Waals surface area contributed by atoms with Crippen molar-refractivity contribution in [3.05, 3.63) is 229 Å². The van der Waals surface area contributed by atoms with Crippen LogP contribution in [0.4, 0.5) is 34.1 Å². The molecular weight excluding hydrogens is 849 g/mol. The van der Waals surface area contributed by atoms with E-state index in [1.807, 2.05) is 0 Å². The van der Waals surface area contributed by atoms with Gasteiger partial charge in [0, 0.05) is 44.6 Å². The van der Waals surface area contributed by atoms with Crippen LogP contribution in [0.5, 0.6) is 0 Å². The van der Waals surface area contributed by atoms with E-state index in [4.69, 9.17) is 4.42 Å². The standard InChI is InChI=1S/C67H60N2O/c1-44(2)45-22-24-46(25-23-45)58-18-12-15-21-63(58)69(55-36-32-53(33-37-55)67(6,7)8)57-35-29-49-41-61-60-40-48-28-34-56(38-50(48)42-64(60)70-65(61)43-51(49)39-57)68(54-16-10-9-11-17-54)62-20-14-13-19-59(62)47-26-30-52(31-27-47)66(3,4)5/h9-44H,1-8H3. The second kappa shape index (κ2) is 17.6. The highest BCUT2D eigenvalue weighted by atomic mass is 16.3. The Hall–Kier alpha value is -7.88. The maximum Gasteiger partial charge on any atom is 0.136 e. The van der Waals surface area contributed by atoms with Gasteiger partial charge in [0.15, 0.2) is 0 Å². The first kappa shape index (κ1) is 44.6. The normalized spacial score (nSPS) is 12.1. The van der Waals surface area contributed by atoms with Crippen molar-refractivity contribution in [1.82, 2.24) is 0 Å². The molecule has 0 spiro atoms. The van der Waals surface area contributed by atoms with Crippen molar-refractivity contribution in [2.45, 2.75) is 72.1 Å². The summed E-state index contributed by atoms with van der Waals surface area (Å²) >= 11 is 0. The van der Waals surface area contributed by atoms with Crippen LogP contribution in [0.15, 0.2) is 217 Å². The number of nitrogens with zero attached hydrogens (tertiary/aromatic N) is 2. The molecule has 0 aliphatic heterocycles. The highest BCUT2D eigenvalue weighted by Gasteiger charge is 2.22. The molecule has 1 aromatic heterocycles. The van der Waals surface area contributed by atoms with Crippen LogP contribution in [-0.4, -0.2) is 0 Å². The predicted octanol–water partition coefficient (Wildman–Crippen LogP) is 19.9. The van der Waals surface area contributed by atoms with Crippen molar-refractivity contribution in [3.8, 4) is 22.3 Å². The van der Waals surface area contributed by atoms with E-state index >= 15 is 0 Å². The van der Waals surface area contributed by atoms with Gasteiger partial charge < -0.3 is 14.2 Å². The molecule has 0 atom stereocenters. The Balaban J connectivity index is 1.00. The SMILES string of the molecule is CC(C)c1ccc(-c2ccccc2N(c2ccc(C(C)(C)C)cc2)c2ccc3cc4c(cc3c2)oc2cc3cc(N(c5ccccc5)c5ccccc5-c5ccc(C(C)(C)C)cc5)ccc3cc24)cc1. The minimum Gasteiger partial charge on any atom is -0.456 e. The zero-order chi connectivity index (χ0) is 48.3. The highest BCUT2D eigenvalue weighted by molar-refractivity contribution is 6.14. The third kappa shape index (κ3) is 8.40. The van der Waals surface area contributed by atoms with Crippen LogP contribution in [-0.2, 0) is 10.8 Å². The zero-order valence-corrected chi connectivity index (χ0v) is 41.6. The van der Waals surface area contributed by atoms with Gasteiger partial charge in [-0.05, 0) is 151 Å². The molecule has 0 aliphatic carbocycles. The monoisotopic (exact) mass is 908 g/mol. The lowest BCUT2D eigenvalue weighted by Gasteiger charge is -2.29. The molecule has 0 saturated carbocycles. The molecule has 0 aliphatic rings. The first-order chi connectivity index (χ1) is 33.8. The van der Waals surface area contributed by atoms with Crippen molar-refractivity contribution < 1.29 is 4.42 Å². The first-order valence-corrected chi connectivity index (χ1v) is 24.8. The second-order valence-electron chi connectivity index (χ2n) is 21.3. The van der Waals surface area contributed by atoms with Gasteiger partial charge in [-0.3, -0.25) is 0 Å². The van der Waals surface area contributed by atoms with E-state index < -0.39 is 0 Å². The van der Waals surface area contributed by atoms with Crippen molar-refractivity contribution in [3.63, 3.8) is 0 Å². The number of anilines is 6. The molecule has 3 nitrogen and oxygen atoms in total. The molecule has 11 aromatic rings. The number of hydrogen-bond acceptors (Lipinski definition) is 3. The third-order valence-corrected chi connectivity index (χ3v) is 14.1. The van der Waals surface area contributed by atoms with E-state index in [9.17, 15) is 0 Å². The lowest BCUT2D eigenvalue weighted by atomic mass is 9.86.